The van der Waals surface area contributed by atoms with Crippen molar-refractivity contribution in [1.82, 2.24) is 14.7 Å². The Morgan fingerprint density at radius 2 is 1.58 bits per heavy atom. The lowest BCUT2D eigenvalue weighted by molar-refractivity contribution is -0.260. The molecule has 0 radical (unpaired) electrons. The summed E-state index contributed by atoms with van der Waals surface area (Å²) in [6.45, 7) is 4.71. The normalized spacial score (nSPS) is 21.6. The van der Waals surface area contributed by atoms with E-state index in [2.05, 4.69) is 32.1 Å². The van der Waals surface area contributed by atoms with Crippen molar-refractivity contribution in [2.45, 2.75) is 63.4 Å². The summed E-state index contributed by atoms with van der Waals surface area (Å²) in [6.07, 6.45) is 3.25. The predicted molar refractivity (Wildman–Crippen MR) is 201 cm³/mol. The average Bonchev–Trinajstić information content (AvgIpc) is 3.85. The molecule has 4 aromatic rings. The van der Waals surface area contributed by atoms with Crippen molar-refractivity contribution in [2.75, 3.05) is 44.6 Å². The third kappa shape index (κ3) is 7.81. The molecule has 3 heterocycles. The lowest BCUT2D eigenvalue weighted by atomic mass is 9.87. The molecule has 1 aliphatic carbocycles. The molecule has 2 N–H and O–H groups in total. The Balaban J connectivity index is 1.14. The van der Waals surface area contributed by atoms with E-state index in [1.165, 1.54) is 29.0 Å². The number of nitrogens with one attached hydrogen (secondary N) is 1. The van der Waals surface area contributed by atoms with Gasteiger partial charge in [-0.1, -0.05) is 60.1 Å². The fraction of sp³-hybridized carbons (Fsp3) is 0.425. The molecule has 1 unspecified atom stereocenters. The molecule has 2 aliphatic heterocycles. The minimum Gasteiger partial charge on any atom is -0.481 e. The zero-order valence-electron chi connectivity index (χ0n) is 29.1. The number of thiophene rings is 1. The van der Waals surface area contributed by atoms with E-state index in [0.717, 1.165) is 42.6 Å². The molecule has 7 rings (SSSR count). The van der Waals surface area contributed by atoms with Gasteiger partial charge in [-0.25, -0.2) is 4.39 Å². The van der Waals surface area contributed by atoms with Crippen LogP contribution in [0.5, 0.6) is 0 Å². The number of carboxylic acids is 1. The second kappa shape index (κ2) is 16.1. The Hall–Kier alpha value is -3.71. The summed E-state index contributed by atoms with van der Waals surface area (Å²) < 4.78 is 24.0. The number of carboxylic acid groups (broad SMARTS) is 1. The summed E-state index contributed by atoms with van der Waals surface area (Å²) >= 11 is 8.13. The summed E-state index contributed by atoms with van der Waals surface area (Å²) in [6, 6.07) is 20.5. The van der Waals surface area contributed by atoms with Gasteiger partial charge in [-0.15, -0.1) is 11.3 Å². The van der Waals surface area contributed by atoms with Crippen molar-refractivity contribution in [3.05, 3.63) is 99.6 Å². The number of piperazine rings is 1. The Labute approximate surface area is 312 Å². The highest BCUT2D eigenvalue weighted by molar-refractivity contribution is 7.17. The molecule has 12 heteroatoms. The van der Waals surface area contributed by atoms with E-state index < -0.39 is 29.5 Å². The number of Topliss-reactive ketones (excluding diaryl/α,β-unsaturated/α-hetero) is 1. The average molecular weight is 747 g/mol. The van der Waals surface area contributed by atoms with E-state index in [1.807, 2.05) is 42.5 Å². The zero-order chi connectivity index (χ0) is 36.2. The minimum absolute atomic E-state index is 0.124. The molecule has 52 heavy (non-hydrogen) atoms. The standard InChI is InChI=1S/C40H44ClFN4O5S/c41-33-22-29(34(42)24-35(33)43-38(48)32-26-52-36-11-5-4-10-31(32)36)23-37(47)40(45-16-6-7-17-45,51-30-14-12-28(13-15-30)39(49)50)46-20-18-44(19-21-46)25-27-8-2-1-3-9-27/h1-5,8-11,22,24,26,28,30H,6-7,12-21,23,25H2,(H,43,48)(H,49,50). The second-order valence-corrected chi connectivity index (χ2v) is 15.4. The van der Waals surface area contributed by atoms with E-state index in [9.17, 15) is 19.5 Å². The molecule has 1 aromatic heterocycles. The molecule has 274 valence electrons. The van der Waals surface area contributed by atoms with Gasteiger partial charge in [0.1, 0.15) is 5.82 Å². The van der Waals surface area contributed by atoms with Crippen molar-refractivity contribution in [2.24, 2.45) is 5.92 Å². The summed E-state index contributed by atoms with van der Waals surface area (Å²) in [4.78, 5) is 46.5. The first-order valence-electron chi connectivity index (χ1n) is 18.2. The number of hydrogen-bond donors (Lipinski definition) is 2. The number of amides is 1. The van der Waals surface area contributed by atoms with Gasteiger partial charge >= 0.3 is 5.97 Å². The Morgan fingerprint density at radius 3 is 2.29 bits per heavy atom. The van der Waals surface area contributed by atoms with Crippen molar-refractivity contribution in [1.29, 1.82) is 0 Å². The third-order valence-corrected chi connectivity index (χ3v) is 12.0. The number of halogens is 2. The Kier molecular flexibility index (Phi) is 11.4. The first-order chi connectivity index (χ1) is 25.2. The van der Waals surface area contributed by atoms with Crippen molar-refractivity contribution in [3.63, 3.8) is 0 Å². The van der Waals surface area contributed by atoms with E-state index >= 15 is 4.39 Å². The summed E-state index contributed by atoms with van der Waals surface area (Å²) in [5.41, 5.74) is 1.95. The van der Waals surface area contributed by atoms with Gasteiger partial charge in [0, 0.05) is 67.7 Å². The van der Waals surface area contributed by atoms with Crippen LogP contribution in [0.3, 0.4) is 0 Å². The smallest absolute Gasteiger partial charge is 0.306 e. The number of carbonyl (C=O) groups is 3. The highest BCUT2D eigenvalue weighted by Crippen LogP contribution is 2.37. The van der Waals surface area contributed by atoms with Crippen molar-refractivity contribution >= 4 is 56.4 Å². The molecule has 1 amide bonds. The SMILES string of the molecule is O=C(Nc1cc(F)c(CC(=O)C(OC2CCC(C(=O)O)CC2)(N2CCCC2)N2CCN(Cc3ccccc3)CC2)cc1Cl)c1csc2ccccc12. The Morgan fingerprint density at radius 1 is 0.904 bits per heavy atom. The molecule has 3 fully saturated rings. The number of aliphatic carboxylic acids is 1. The number of likely N-dealkylation sites (tertiary alicyclic amines) is 1. The van der Waals surface area contributed by atoms with Gasteiger partial charge in [0.2, 0.25) is 5.85 Å². The number of carbonyl (C=O) groups excluding carboxylic acids is 2. The fourth-order valence-corrected chi connectivity index (χ4v) is 9.12. The predicted octanol–water partition coefficient (Wildman–Crippen LogP) is 7.29. The van der Waals surface area contributed by atoms with Crippen LogP contribution in [0.2, 0.25) is 5.02 Å². The third-order valence-electron chi connectivity index (χ3n) is 10.8. The number of ketones is 1. The number of benzene rings is 3. The maximum atomic E-state index is 16.0. The van der Waals surface area contributed by atoms with Gasteiger partial charge < -0.3 is 15.2 Å². The summed E-state index contributed by atoms with van der Waals surface area (Å²) in [7, 11) is 0. The summed E-state index contributed by atoms with van der Waals surface area (Å²) in [5, 5.41) is 15.1. The van der Waals surface area contributed by atoms with Gasteiger partial charge in [-0.3, -0.25) is 29.1 Å². The first-order valence-corrected chi connectivity index (χ1v) is 19.4. The lowest BCUT2D eigenvalue weighted by Gasteiger charge is -2.52. The molecule has 0 bridgehead atoms. The van der Waals surface area contributed by atoms with Crippen LogP contribution in [-0.4, -0.2) is 88.7 Å². The minimum atomic E-state index is -1.44. The second-order valence-electron chi connectivity index (χ2n) is 14.1. The van der Waals surface area contributed by atoms with Gasteiger partial charge in [0.15, 0.2) is 5.78 Å². The maximum absolute atomic E-state index is 16.0. The highest BCUT2D eigenvalue weighted by atomic mass is 35.5. The zero-order valence-corrected chi connectivity index (χ0v) is 30.6. The van der Waals surface area contributed by atoms with Crippen molar-refractivity contribution in [3.8, 4) is 0 Å². The largest absolute Gasteiger partial charge is 0.481 e. The number of fused-ring (bicyclic) bond motifs is 1. The molecule has 2 saturated heterocycles. The Bertz CT molecular complexity index is 1900. The molecule has 1 saturated carbocycles. The first kappa shape index (κ1) is 36.6. The van der Waals surface area contributed by atoms with Gasteiger partial charge in [-0.2, -0.15) is 0 Å². The number of hydrogen-bond acceptors (Lipinski definition) is 8. The van der Waals surface area contributed by atoms with Crippen LogP contribution in [0.4, 0.5) is 10.1 Å². The number of anilines is 1. The molecular weight excluding hydrogens is 703 g/mol. The molecule has 9 nitrogen and oxygen atoms in total. The highest BCUT2D eigenvalue weighted by Gasteiger charge is 2.53. The maximum Gasteiger partial charge on any atom is 0.306 e. The quantitative estimate of drug-likeness (QED) is 0.156. The van der Waals surface area contributed by atoms with Crippen LogP contribution >= 0.6 is 22.9 Å². The van der Waals surface area contributed by atoms with E-state index in [1.54, 1.807) is 5.38 Å². The molecular formula is C40H44ClFN4O5S. The topological polar surface area (TPSA) is 102 Å². The molecule has 3 aliphatic rings. The van der Waals surface area contributed by atoms with E-state index in [-0.39, 0.29) is 34.6 Å². The van der Waals surface area contributed by atoms with Gasteiger partial charge in [-0.05, 0) is 67.9 Å². The molecule has 1 atom stereocenters. The van der Waals surface area contributed by atoms with Gasteiger partial charge in [0.25, 0.3) is 5.91 Å². The van der Waals surface area contributed by atoms with E-state index in [4.69, 9.17) is 16.3 Å². The van der Waals surface area contributed by atoms with Crippen LogP contribution in [0.1, 0.15) is 60.0 Å². The number of rotatable bonds is 12. The van der Waals surface area contributed by atoms with Crippen LogP contribution in [-0.2, 0) is 27.3 Å². The van der Waals surface area contributed by atoms with Crippen LogP contribution in [0.25, 0.3) is 10.1 Å². The van der Waals surface area contributed by atoms with Crippen molar-refractivity contribution < 1.29 is 28.6 Å². The fourth-order valence-electron chi connectivity index (χ4n) is 7.95. The van der Waals surface area contributed by atoms with E-state index in [0.29, 0.717) is 57.4 Å². The molecule has 0 spiro atoms. The molecule has 3 aromatic carbocycles. The van der Waals surface area contributed by atoms with Crippen LogP contribution in [0, 0.1) is 11.7 Å². The van der Waals surface area contributed by atoms with Crippen LogP contribution in [0.15, 0.2) is 72.1 Å². The lowest BCUT2D eigenvalue weighted by Crippen LogP contribution is -2.70. The number of ether oxygens (including phenoxy) is 1. The van der Waals surface area contributed by atoms with Gasteiger partial charge in [0.05, 0.1) is 28.3 Å². The van der Waals surface area contributed by atoms with Crippen LogP contribution < -0.4 is 5.32 Å². The monoisotopic (exact) mass is 746 g/mol. The summed E-state index contributed by atoms with van der Waals surface area (Å²) in [5.74, 6) is -3.98. The number of nitrogens with zero attached hydrogens (tertiary/aromatic N) is 3.